The van der Waals surface area contributed by atoms with E-state index in [1.165, 1.54) is 4.90 Å². The summed E-state index contributed by atoms with van der Waals surface area (Å²) in [5.41, 5.74) is 4.90. The van der Waals surface area contributed by atoms with E-state index < -0.39 is 17.7 Å². The van der Waals surface area contributed by atoms with Gasteiger partial charge in [-0.05, 0) is 54.3 Å². The summed E-state index contributed by atoms with van der Waals surface area (Å²) in [7, 11) is 1.96. The summed E-state index contributed by atoms with van der Waals surface area (Å²) in [5, 5.41) is 11.5. The van der Waals surface area contributed by atoms with Gasteiger partial charge >= 0.3 is 0 Å². The van der Waals surface area contributed by atoms with Crippen LogP contribution >= 0.6 is 0 Å². The van der Waals surface area contributed by atoms with Crippen LogP contribution in [0.4, 0.5) is 11.4 Å². The molecule has 0 saturated carbocycles. The van der Waals surface area contributed by atoms with Crippen LogP contribution in [0, 0.1) is 6.92 Å². The maximum atomic E-state index is 13.5. The molecule has 5 rings (SSSR count). The predicted octanol–water partition coefficient (Wildman–Crippen LogP) is 5.57. The summed E-state index contributed by atoms with van der Waals surface area (Å²) < 4.78 is 5.73. The van der Waals surface area contributed by atoms with E-state index in [1.54, 1.807) is 12.1 Å². The van der Waals surface area contributed by atoms with Crippen LogP contribution in [0.25, 0.3) is 5.76 Å². The highest BCUT2D eigenvalue weighted by molar-refractivity contribution is 6.51. The van der Waals surface area contributed by atoms with Crippen LogP contribution in [0.2, 0.25) is 0 Å². The third kappa shape index (κ3) is 4.02. The van der Waals surface area contributed by atoms with Crippen molar-refractivity contribution >= 4 is 28.8 Å². The van der Waals surface area contributed by atoms with Gasteiger partial charge in [-0.25, -0.2) is 0 Å². The number of aryl methyl sites for hydroxylation is 1. The van der Waals surface area contributed by atoms with E-state index >= 15 is 0 Å². The lowest BCUT2D eigenvalue weighted by atomic mass is 9.94. The summed E-state index contributed by atoms with van der Waals surface area (Å²) in [4.78, 5) is 30.4. The van der Waals surface area contributed by atoms with Crippen LogP contribution in [-0.4, -0.2) is 37.0 Å². The Hall–Kier alpha value is -4.06. The van der Waals surface area contributed by atoms with Crippen molar-refractivity contribution in [2.24, 2.45) is 0 Å². The zero-order valence-corrected chi connectivity index (χ0v) is 21.0. The number of carbonyl (C=O) groups excluding carboxylic acids is 2. The van der Waals surface area contributed by atoms with E-state index in [9.17, 15) is 14.7 Å². The predicted molar refractivity (Wildman–Crippen MR) is 142 cm³/mol. The fourth-order valence-corrected chi connectivity index (χ4v) is 4.93. The van der Waals surface area contributed by atoms with E-state index in [4.69, 9.17) is 4.74 Å². The van der Waals surface area contributed by atoms with Crippen LogP contribution in [0.15, 0.2) is 72.3 Å². The molecule has 2 heterocycles. The molecule has 1 fully saturated rings. The molecule has 0 bridgehead atoms. The lowest BCUT2D eigenvalue weighted by molar-refractivity contribution is -0.132. The molecular weight excluding hydrogens is 452 g/mol. The van der Waals surface area contributed by atoms with Crippen molar-refractivity contribution < 1.29 is 19.4 Å². The molecule has 0 aliphatic carbocycles. The van der Waals surface area contributed by atoms with Crippen molar-refractivity contribution in [3.8, 4) is 5.75 Å². The molecule has 1 amide bonds. The number of aliphatic hydroxyl groups is 1. The molecule has 0 spiro atoms. The van der Waals surface area contributed by atoms with Crippen LogP contribution in [0.3, 0.4) is 0 Å². The van der Waals surface area contributed by atoms with Crippen molar-refractivity contribution in [2.45, 2.75) is 32.7 Å². The second-order valence-corrected chi connectivity index (χ2v) is 9.78. The SMILES string of the molecule is Cc1cccc(C2/C(=C(/O)c3ccc4c(c3)N(C)CCO4)C(=O)C(=O)N2c2ccc(C(C)C)cc2)c1. The van der Waals surface area contributed by atoms with Gasteiger partial charge in [-0.15, -0.1) is 0 Å². The average Bonchev–Trinajstić information content (AvgIpc) is 3.14. The number of anilines is 2. The fourth-order valence-electron chi connectivity index (χ4n) is 4.93. The molecule has 0 radical (unpaired) electrons. The molecule has 3 aromatic carbocycles. The van der Waals surface area contributed by atoms with Gasteiger partial charge in [-0.1, -0.05) is 55.8 Å². The van der Waals surface area contributed by atoms with Crippen LogP contribution in [0.5, 0.6) is 5.75 Å². The Morgan fingerprint density at radius 3 is 2.47 bits per heavy atom. The maximum absolute atomic E-state index is 13.5. The molecule has 0 aromatic heterocycles. The number of amides is 1. The molecule has 36 heavy (non-hydrogen) atoms. The monoisotopic (exact) mass is 482 g/mol. The van der Waals surface area contributed by atoms with Gasteiger partial charge in [-0.3, -0.25) is 14.5 Å². The molecule has 184 valence electrons. The number of ether oxygens (including phenoxy) is 1. The van der Waals surface area contributed by atoms with Gasteiger partial charge in [0.15, 0.2) is 0 Å². The summed E-state index contributed by atoms with van der Waals surface area (Å²) in [6.07, 6.45) is 0. The largest absolute Gasteiger partial charge is 0.507 e. The van der Waals surface area contributed by atoms with Crippen LogP contribution < -0.4 is 14.5 Å². The zero-order valence-electron chi connectivity index (χ0n) is 21.0. The zero-order chi connectivity index (χ0) is 25.6. The second kappa shape index (κ2) is 9.19. The Labute approximate surface area is 211 Å². The fraction of sp³-hybridized carbons (Fsp3) is 0.267. The standard InChI is InChI=1S/C30H30N2O4/c1-18(2)20-8-11-23(12-9-20)32-27(21-7-5-6-19(3)16-21)26(29(34)30(32)35)28(33)22-10-13-25-24(17-22)31(4)14-15-36-25/h5-13,16-18,27,33H,14-15H2,1-4H3/b28-26-. The quantitative estimate of drug-likeness (QED) is 0.299. The number of ketones is 1. The number of hydrogen-bond donors (Lipinski definition) is 1. The summed E-state index contributed by atoms with van der Waals surface area (Å²) in [5.74, 6) is -0.481. The molecular formula is C30H30N2O4. The van der Waals surface area contributed by atoms with Crippen molar-refractivity contribution in [3.63, 3.8) is 0 Å². The van der Waals surface area contributed by atoms with Gasteiger partial charge in [0.1, 0.15) is 18.1 Å². The van der Waals surface area contributed by atoms with Crippen molar-refractivity contribution in [3.05, 3.63) is 94.6 Å². The number of aliphatic hydroxyl groups excluding tert-OH is 1. The second-order valence-electron chi connectivity index (χ2n) is 9.78. The molecule has 3 aromatic rings. The lowest BCUT2D eigenvalue weighted by Gasteiger charge is -2.28. The van der Waals surface area contributed by atoms with Crippen LogP contribution in [0.1, 0.15) is 48.1 Å². The molecule has 2 aliphatic heterocycles. The van der Waals surface area contributed by atoms with E-state index in [0.717, 1.165) is 34.7 Å². The van der Waals surface area contributed by atoms with Gasteiger partial charge in [0.05, 0.1) is 23.8 Å². The Morgan fingerprint density at radius 1 is 1.03 bits per heavy atom. The first-order chi connectivity index (χ1) is 17.3. The minimum atomic E-state index is -0.750. The molecule has 6 heteroatoms. The highest BCUT2D eigenvalue weighted by Crippen LogP contribution is 2.43. The first-order valence-electron chi connectivity index (χ1n) is 12.2. The van der Waals surface area contributed by atoms with E-state index in [0.29, 0.717) is 23.8 Å². The average molecular weight is 483 g/mol. The van der Waals surface area contributed by atoms with Gasteiger partial charge in [0.25, 0.3) is 11.7 Å². The third-order valence-corrected chi connectivity index (χ3v) is 6.97. The number of hydrogen-bond acceptors (Lipinski definition) is 5. The van der Waals surface area contributed by atoms with Crippen molar-refractivity contribution in [1.29, 1.82) is 0 Å². The number of carbonyl (C=O) groups is 2. The Kier molecular flexibility index (Phi) is 6.04. The minimum Gasteiger partial charge on any atom is -0.507 e. The summed E-state index contributed by atoms with van der Waals surface area (Å²) >= 11 is 0. The molecule has 2 aliphatic rings. The molecule has 1 N–H and O–H groups in total. The van der Waals surface area contributed by atoms with E-state index in [-0.39, 0.29) is 11.3 Å². The number of Topliss-reactive ketones (excluding diaryl/α,β-unsaturated/α-hetero) is 1. The first kappa shape index (κ1) is 23.7. The summed E-state index contributed by atoms with van der Waals surface area (Å²) in [6.45, 7) is 7.48. The molecule has 1 unspecified atom stereocenters. The smallest absolute Gasteiger partial charge is 0.300 e. The number of nitrogens with zero attached hydrogens (tertiary/aromatic N) is 2. The summed E-state index contributed by atoms with van der Waals surface area (Å²) in [6, 6.07) is 20.0. The van der Waals surface area contributed by atoms with E-state index in [1.807, 2.05) is 73.5 Å². The highest BCUT2D eigenvalue weighted by atomic mass is 16.5. The Morgan fingerprint density at radius 2 is 1.78 bits per heavy atom. The van der Waals surface area contributed by atoms with E-state index in [2.05, 4.69) is 13.8 Å². The number of rotatable bonds is 4. The molecule has 1 atom stereocenters. The number of likely N-dealkylation sites (N-methyl/N-ethyl adjacent to an activating group) is 1. The van der Waals surface area contributed by atoms with Gasteiger partial charge < -0.3 is 14.7 Å². The maximum Gasteiger partial charge on any atom is 0.300 e. The molecule has 1 saturated heterocycles. The van der Waals surface area contributed by atoms with Gasteiger partial charge in [-0.2, -0.15) is 0 Å². The third-order valence-electron chi connectivity index (χ3n) is 6.97. The molecule has 6 nitrogen and oxygen atoms in total. The Balaban J connectivity index is 1.68. The minimum absolute atomic E-state index is 0.0814. The number of fused-ring (bicyclic) bond motifs is 1. The van der Waals surface area contributed by atoms with Crippen LogP contribution in [-0.2, 0) is 9.59 Å². The van der Waals surface area contributed by atoms with Gasteiger partial charge in [0.2, 0.25) is 0 Å². The topological polar surface area (TPSA) is 70.1 Å². The number of benzene rings is 3. The lowest BCUT2D eigenvalue weighted by Crippen LogP contribution is -2.29. The highest BCUT2D eigenvalue weighted by Gasteiger charge is 2.47. The normalized spacial score (nSPS) is 19.0. The first-order valence-corrected chi connectivity index (χ1v) is 12.2. The van der Waals surface area contributed by atoms with Gasteiger partial charge in [0, 0.05) is 18.3 Å². The van der Waals surface area contributed by atoms with Crippen molar-refractivity contribution in [2.75, 3.05) is 30.0 Å². The Bertz CT molecular complexity index is 1370. The van der Waals surface area contributed by atoms with Crippen molar-refractivity contribution in [1.82, 2.24) is 0 Å².